The largest absolute Gasteiger partial charge is 0.573 e. The van der Waals surface area contributed by atoms with Crippen LogP contribution in [-0.2, 0) is 4.79 Å². The molecule has 1 aromatic carbocycles. The van der Waals surface area contributed by atoms with Gasteiger partial charge in [-0.3, -0.25) is 4.79 Å². The van der Waals surface area contributed by atoms with Crippen molar-refractivity contribution in [3.05, 3.63) is 23.2 Å². The summed E-state index contributed by atoms with van der Waals surface area (Å²) < 4.78 is 41.9. The lowest BCUT2D eigenvalue weighted by Crippen LogP contribution is -2.56. The van der Waals surface area contributed by atoms with Crippen LogP contribution in [0, 0.1) is 5.41 Å². The molecule has 6 nitrogen and oxygen atoms in total. The molecule has 0 aromatic heterocycles. The van der Waals surface area contributed by atoms with E-state index in [2.05, 4.69) is 9.64 Å². The molecule has 3 aliphatic rings. The second-order valence-corrected chi connectivity index (χ2v) is 9.55. The number of anilines is 1. The van der Waals surface area contributed by atoms with Crippen molar-refractivity contribution >= 4 is 23.2 Å². The topological polar surface area (TPSA) is 56.2 Å². The highest BCUT2D eigenvalue weighted by Gasteiger charge is 2.51. The Hall–Kier alpha value is -1.71. The number of alkyl halides is 3. The van der Waals surface area contributed by atoms with E-state index >= 15 is 0 Å². The average Bonchev–Trinajstić information content (AvgIpc) is 3.50. The number of β-amino-alcohol motifs (C(OH)–C–C–N with tert-alkyl or cyclic N) is 1. The number of carbonyl (C=O) groups excluding carboxylic acids is 1. The molecule has 1 N–H and O–H groups in total. The van der Waals surface area contributed by atoms with E-state index in [9.17, 15) is 23.1 Å². The molecular formula is C22H29ClF3N3O3. The van der Waals surface area contributed by atoms with Crippen LogP contribution in [0.1, 0.15) is 32.6 Å². The Bertz CT molecular complexity index is 849. The third-order valence-electron chi connectivity index (χ3n) is 7.08. The summed E-state index contributed by atoms with van der Waals surface area (Å²) in [4.78, 5) is 18.8. The molecule has 32 heavy (non-hydrogen) atoms. The Balaban J connectivity index is 1.30. The summed E-state index contributed by atoms with van der Waals surface area (Å²) in [6.45, 7) is 5.91. The summed E-state index contributed by atoms with van der Waals surface area (Å²) in [6.07, 6.45) is -0.947. The molecule has 3 fully saturated rings. The minimum absolute atomic E-state index is 0.0555. The first kappa shape index (κ1) is 23.4. The van der Waals surface area contributed by atoms with Crippen LogP contribution in [0.15, 0.2) is 18.2 Å². The Labute approximate surface area is 190 Å². The maximum atomic E-state index is 12.9. The molecule has 10 heteroatoms. The number of rotatable bonds is 6. The van der Waals surface area contributed by atoms with Crippen LogP contribution < -0.4 is 9.64 Å². The molecule has 2 aliphatic heterocycles. The van der Waals surface area contributed by atoms with Crippen molar-refractivity contribution in [3.8, 4) is 5.75 Å². The molecule has 2 heterocycles. The number of halogens is 4. The van der Waals surface area contributed by atoms with Crippen molar-refractivity contribution in [1.29, 1.82) is 0 Å². The number of aliphatic hydroxyl groups excluding tert-OH is 1. The van der Waals surface area contributed by atoms with E-state index in [1.807, 2.05) is 4.90 Å². The van der Waals surface area contributed by atoms with Gasteiger partial charge >= 0.3 is 6.36 Å². The van der Waals surface area contributed by atoms with Crippen molar-refractivity contribution in [2.45, 2.75) is 51.1 Å². The summed E-state index contributed by atoms with van der Waals surface area (Å²) >= 11 is 5.84. The van der Waals surface area contributed by atoms with E-state index in [1.165, 1.54) is 12.1 Å². The zero-order valence-electron chi connectivity index (χ0n) is 18.1. The van der Waals surface area contributed by atoms with Crippen LogP contribution in [0.5, 0.6) is 5.75 Å². The van der Waals surface area contributed by atoms with Crippen LogP contribution in [0.2, 0.25) is 5.02 Å². The van der Waals surface area contributed by atoms with Gasteiger partial charge in [0.15, 0.2) is 0 Å². The van der Waals surface area contributed by atoms with Gasteiger partial charge in [0, 0.05) is 37.9 Å². The van der Waals surface area contributed by atoms with Crippen LogP contribution in [0.25, 0.3) is 0 Å². The van der Waals surface area contributed by atoms with Gasteiger partial charge in [0.1, 0.15) is 11.8 Å². The summed E-state index contributed by atoms with van der Waals surface area (Å²) in [5, 5.41) is 10.2. The van der Waals surface area contributed by atoms with E-state index < -0.39 is 18.2 Å². The summed E-state index contributed by atoms with van der Waals surface area (Å²) in [6, 6.07) is 3.67. The number of benzene rings is 1. The number of ether oxygens (including phenoxy) is 1. The first-order chi connectivity index (χ1) is 15.1. The van der Waals surface area contributed by atoms with E-state index in [-0.39, 0.29) is 22.4 Å². The fraction of sp³-hybridized carbons (Fsp3) is 0.682. The normalized spacial score (nSPS) is 26.0. The lowest BCUT2D eigenvalue weighted by molar-refractivity contribution is -0.274. The van der Waals surface area contributed by atoms with Gasteiger partial charge in [0.2, 0.25) is 5.91 Å². The highest BCUT2D eigenvalue weighted by atomic mass is 35.5. The van der Waals surface area contributed by atoms with Gasteiger partial charge < -0.3 is 24.5 Å². The average molecular weight is 476 g/mol. The molecule has 4 rings (SSSR count). The number of piperazine rings is 1. The fourth-order valence-corrected chi connectivity index (χ4v) is 5.04. The summed E-state index contributed by atoms with van der Waals surface area (Å²) in [7, 11) is 0. The van der Waals surface area contributed by atoms with E-state index in [1.54, 1.807) is 17.9 Å². The molecule has 1 saturated carbocycles. The van der Waals surface area contributed by atoms with Gasteiger partial charge in [0.25, 0.3) is 0 Å². The molecule has 178 valence electrons. The molecule has 0 unspecified atom stereocenters. The summed E-state index contributed by atoms with van der Waals surface area (Å²) in [5.74, 6) is -0.532. The van der Waals surface area contributed by atoms with Gasteiger partial charge in [-0.15, -0.1) is 13.2 Å². The molecule has 1 aliphatic carbocycles. The van der Waals surface area contributed by atoms with Crippen LogP contribution in [0.3, 0.4) is 0 Å². The van der Waals surface area contributed by atoms with E-state index in [4.69, 9.17) is 11.6 Å². The smallest absolute Gasteiger partial charge is 0.404 e. The second kappa shape index (κ2) is 8.91. The predicted molar refractivity (Wildman–Crippen MR) is 115 cm³/mol. The van der Waals surface area contributed by atoms with Gasteiger partial charge in [-0.1, -0.05) is 11.6 Å². The molecule has 1 spiro atoms. The van der Waals surface area contributed by atoms with Gasteiger partial charge in [-0.2, -0.15) is 0 Å². The van der Waals surface area contributed by atoms with Crippen molar-refractivity contribution in [1.82, 2.24) is 9.80 Å². The van der Waals surface area contributed by atoms with E-state index in [0.29, 0.717) is 31.9 Å². The summed E-state index contributed by atoms with van der Waals surface area (Å²) in [5.41, 5.74) is 0.649. The molecule has 0 bridgehead atoms. The second-order valence-electron chi connectivity index (χ2n) is 9.14. The van der Waals surface area contributed by atoms with E-state index in [0.717, 1.165) is 38.8 Å². The fourth-order valence-electron chi connectivity index (χ4n) is 4.89. The van der Waals surface area contributed by atoms with Crippen LogP contribution in [0.4, 0.5) is 18.9 Å². The standard InChI is InChI=1S/C22H29ClF3N3O3/c1-15-20(31)28(9-2-8-27-10-7-21(5-6-21)19(30)14-27)11-12-29(15)16-3-4-17(23)18(13-16)32-22(24,25)26/h3-4,13,15,19,30H,2,5-12,14H2,1H3/t15-,19+/m0/s1. The molecular weight excluding hydrogens is 447 g/mol. The number of hydrogen-bond acceptors (Lipinski definition) is 5. The maximum Gasteiger partial charge on any atom is 0.573 e. The Kier molecular flexibility index (Phi) is 6.53. The van der Waals surface area contributed by atoms with Gasteiger partial charge in [-0.05, 0) is 63.2 Å². The van der Waals surface area contributed by atoms with Crippen molar-refractivity contribution in [2.24, 2.45) is 5.41 Å². The SMILES string of the molecule is C[C@H]1C(=O)N(CCCN2CCC3(CC3)[C@H](O)C2)CCN1c1ccc(Cl)c(OC(F)(F)F)c1. The third-order valence-corrected chi connectivity index (χ3v) is 7.39. The number of hydrogen-bond donors (Lipinski definition) is 1. The molecule has 0 radical (unpaired) electrons. The third kappa shape index (κ3) is 5.10. The molecule has 2 saturated heterocycles. The minimum atomic E-state index is -4.84. The van der Waals surface area contributed by atoms with Crippen molar-refractivity contribution < 1.29 is 27.8 Å². The maximum absolute atomic E-state index is 12.9. The highest BCUT2D eigenvalue weighted by molar-refractivity contribution is 6.32. The zero-order chi connectivity index (χ0) is 23.1. The number of aliphatic hydroxyl groups is 1. The van der Waals surface area contributed by atoms with Gasteiger partial charge in [0.05, 0.1) is 11.1 Å². The Morgan fingerprint density at radius 1 is 1.19 bits per heavy atom. The van der Waals surface area contributed by atoms with Crippen LogP contribution in [-0.4, -0.2) is 78.6 Å². The van der Waals surface area contributed by atoms with Crippen molar-refractivity contribution in [2.75, 3.05) is 44.2 Å². The Morgan fingerprint density at radius 3 is 2.59 bits per heavy atom. The molecule has 1 amide bonds. The number of nitrogens with zero attached hydrogens (tertiary/aromatic N) is 3. The number of amides is 1. The molecule has 1 aromatic rings. The van der Waals surface area contributed by atoms with Crippen LogP contribution >= 0.6 is 11.6 Å². The zero-order valence-corrected chi connectivity index (χ0v) is 18.8. The number of likely N-dealkylation sites (tertiary alicyclic amines) is 1. The number of carbonyl (C=O) groups is 1. The van der Waals surface area contributed by atoms with Gasteiger partial charge in [-0.25, -0.2) is 0 Å². The molecule has 2 atom stereocenters. The lowest BCUT2D eigenvalue weighted by Gasteiger charge is -2.41. The Morgan fingerprint density at radius 2 is 1.94 bits per heavy atom. The number of piperidine rings is 1. The first-order valence-corrected chi connectivity index (χ1v) is 11.5. The minimum Gasteiger partial charge on any atom is -0.404 e. The monoisotopic (exact) mass is 475 g/mol. The lowest BCUT2D eigenvalue weighted by atomic mass is 9.90. The first-order valence-electron chi connectivity index (χ1n) is 11.1. The highest BCUT2D eigenvalue weighted by Crippen LogP contribution is 2.53. The predicted octanol–water partition coefficient (Wildman–Crippen LogP) is 3.51. The van der Waals surface area contributed by atoms with Crippen molar-refractivity contribution in [3.63, 3.8) is 0 Å². The quantitative estimate of drug-likeness (QED) is 0.682.